The number of aromatic nitrogens is 2. The van der Waals surface area contributed by atoms with Crippen LogP contribution in [-0.2, 0) is 5.75 Å². The van der Waals surface area contributed by atoms with E-state index in [9.17, 15) is 4.79 Å². The monoisotopic (exact) mass is 357 g/mol. The number of hydrogen-bond donors (Lipinski definition) is 1. The van der Waals surface area contributed by atoms with Crippen LogP contribution in [0.5, 0.6) is 0 Å². The molecule has 3 rings (SSSR count). The molecule has 9 heteroatoms. The first-order chi connectivity index (χ1) is 10.2. The van der Waals surface area contributed by atoms with E-state index in [1.54, 1.807) is 23.1 Å². The van der Waals surface area contributed by atoms with Crippen LogP contribution >= 0.6 is 46.0 Å². The summed E-state index contributed by atoms with van der Waals surface area (Å²) in [7, 11) is 0. The molecule has 1 amide bonds. The standard InChI is InChI=1S/C12H8ClN3O2S3/c13-9-4-3-8(18-9)10(17)14-11-15-16-12(21-11)20-6-7-2-1-5-19-7/h1-5H,6H2,(H,14,15,17). The molecule has 0 aliphatic heterocycles. The predicted octanol–water partition coefficient (Wildman–Crippen LogP) is 4.39. The summed E-state index contributed by atoms with van der Waals surface area (Å²) in [4.78, 5) is 13.1. The Hall–Kier alpha value is -1.35. The van der Waals surface area contributed by atoms with Gasteiger partial charge in [-0.25, -0.2) is 0 Å². The van der Waals surface area contributed by atoms with Crippen molar-refractivity contribution in [2.24, 2.45) is 0 Å². The number of amides is 1. The van der Waals surface area contributed by atoms with Crippen molar-refractivity contribution in [3.63, 3.8) is 0 Å². The molecule has 108 valence electrons. The molecule has 3 heterocycles. The number of furan rings is 1. The highest BCUT2D eigenvalue weighted by molar-refractivity contribution is 8.00. The molecule has 0 atom stereocenters. The Kier molecular flexibility index (Phi) is 4.59. The Morgan fingerprint density at radius 2 is 2.29 bits per heavy atom. The molecule has 0 saturated heterocycles. The van der Waals surface area contributed by atoms with Crippen molar-refractivity contribution in [2.45, 2.75) is 10.1 Å². The van der Waals surface area contributed by atoms with Gasteiger partial charge in [0.05, 0.1) is 0 Å². The lowest BCUT2D eigenvalue weighted by molar-refractivity contribution is 0.0996. The van der Waals surface area contributed by atoms with Gasteiger partial charge in [0.2, 0.25) is 5.13 Å². The second-order valence-corrected chi connectivity index (χ2v) is 7.40. The highest BCUT2D eigenvalue weighted by Gasteiger charge is 2.14. The van der Waals surface area contributed by atoms with E-state index >= 15 is 0 Å². The molecular formula is C12H8ClN3O2S3. The van der Waals surface area contributed by atoms with E-state index in [4.69, 9.17) is 16.0 Å². The molecule has 0 aromatic carbocycles. The molecule has 0 spiro atoms. The lowest BCUT2D eigenvalue weighted by Gasteiger charge is -1.96. The zero-order valence-electron chi connectivity index (χ0n) is 10.4. The van der Waals surface area contributed by atoms with Crippen molar-refractivity contribution < 1.29 is 9.21 Å². The molecule has 0 unspecified atom stereocenters. The highest BCUT2D eigenvalue weighted by Crippen LogP contribution is 2.29. The van der Waals surface area contributed by atoms with Gasteiger partial charge in [-0.2, -0.15) is 0 Å². The van der Waals surface area contributed by atoms with Crippen molar-refractivity contribution >= 4 is 57.1 Å². The maximum Gasteiger partial charge on any atom is 0.293 e. The summed E-state index contributed by atoms with van der Waals surface area (Å²) in [6, 6.07) is 7.10. The zero-order chi connectivity index (χ0) is 14.7. The van der Waals surface area contributed by atoms with Gasteiger partial charge in [0.1, 0.15) is 0 Å². The van der Waals surface area contributed by atoms with Gasteiger partial charge in [0.15, 0.2) is 15.3 Å². The number of halogens is 1. The summed E-state index contributed by atoms with van der Waals surface area (Å²) in [5, 5.41) is 13.2. The van der Waals surface area contributed by atoms with E-state index in [1.165, 1.54) is 28.3 Å². The lowest BCUT2D eigenvalue weighted by atomic mass is 10.4. The number of thioether (sulfide) groups is 1. The van der Waals surface area contributed by atoms with Crippen LogP contribution in [0.4, 0.5) is 5.13 Å². The number of nitrogens with zero attached hydrogens (tertiary/aromatic N) is 2. The third kappa shape index (κ3) is 3.85. The maximum atomic E-state index is 11.9. The largest absolute Gasteiger partial charge is 0.440 e. The fraction of sp³-hybridized carbons (Fsp3) is 0.0833. The van der Waals surface area contributed by atoms with Crippen LogP contribution in [0.25, 0.3) is 0 Å². The van der Waals surface area contributed by atoms with Gasteiger partial charge in [-0.05, 0) is 35.2 Å². The first kappa shape index (κ1) is 14.6. The van der Waals surface area contributed by atoms with Gasteiger partial charge in [0, 0.05) is 10.6 Å². The molecular weight excluding hydrogens is 350 g/mol. The van der Waals surface area contributed by atoms with E-state index in [-0.39, 0.29) is 11.0 Å². The number of rotatable bonds is 5. The Labute approximate surface area is 137 Å². The Balaban J connectivity index is 1.58. The second kappa shape index (κ2) is 6.61. The molecule has 0 fully saturated rings. The van der Waals surface area contributed by atoms with E-state index in [2.05, 4.69) is 21.6 Å². The molecule has 0 aliphatic carbocycles. The van der Waals surface area contributed by atoms with E-state index in [0.29, 0.717) is 5.13 Å². The van der Waals surface area contributed by atoms with Gasteiger partial charge < -0.3 is 4.42 Å². The first-order valence-electron chi connectivity index (χ1n) is 5.76. The summed E-state index contributed by atoms with van der Waals surface area (Å²) in [5.41, 5.74) is 0. The van der Waals surface area contributed by atoms with E-state index in [1.807, 2.05) is 11.4 Å². The number of nitrogens with one attached hydrogen (secondary N) is 1. The van der Waals surface area contributed by atoms with Crippen molar-refractivity contribution in [2.75, 3.05) is 5.32 Å². The Morgan fingerprint density at radius 1 is 1.38 bits per heavy atom. The zero-order valence-corrected chi connectivity index (χ0v) is 13.6. The van der Waals surface area contributed by atoms with Gasteiger partial charge in [-0.1, -0.05) is 29.2 Å². The lowest BCUT2D eigenvalue weighted by Crippen LogP contribution is -2.10. The van der Waals surface area contributed by atoms with Gasteiger partial charge >= 0.3 is 0 Å². The average Bonchev–Trinajstić information content (AvgIpc) is 3.17. The van der Waals surface area contributed by atoms with Gasteiger partial charge in [0.25, 0.3) is 5.91 Å². The van der Waals surface area contributed by atoms with Crippen LogP contribution in [0, 0.1) is 0 Å². The summed E-state index contributed by atoms with van der Waals surface area (Å²) in [6.07, 6.45) is 0. The molecule has 0 radical (unpaired) electrons. The predicted molar refractivity (Wildman–Crippen MR) is 85.5 cm³/mol. The van der Waals surface area contributed by atoms with Crippen LogP contribution in [0.1, 0.15) is 15.4 Å². The number of anilines is 1. The van der Waals surface area contributed by atoms with Gasteiger partial charge in [-0.3, -0.25) is 10.1 Å². The van der Waals surface area contributed by atoms with E-state index < -0.39 is 5.91 Å². The topological polar surface area (TPSA) is 68.0 Å². The number of thiophene rings is 1. The van der Waals surface area contributed by atoms with Crippen molar-refractivity contribution in [1.82, 2.24) is 10.2 Å². The maximum absolute atomic E-state index is 11.9. The first-order valence-corrected chi connectivity index (χ1v) is 8.82. The minimum absolute atomic E-state index is 0.142. The molecule has 3 aromatic heterocycles. The minimum atomic E-state index is -0.396. The number of hydrogen-bond acceptors (Lipinski definition) is 7. The molecule has 1 N–H and O–H groups in total. The summed E-state index contributed by atoms with van der Waals surface area (Å²) in [5.74, 6) is 0.587. The SMILES string of the molecule is O=C(Nc1nnc(SCc2cccs2)s1)c1ccc(Cl)o1. The fourth-order valence-electron chi connectivity index (χ4n) is 1.44. The average molecular weight is 358 g/mol. The van der Waals surface area contributed by atoms with Crippen LogP contribution in [0.2, 0.25) is 5.22 Å². The van der Waals surface area contributed by atoms with E-state index in [0.717, 1.165) is 10.1 Å². The van der Waals surface area contributed by atoms with Crippen molar-refractivity contribution in [1.29, 1.82) is 0 Å². The fourth-order valence-corrected chi connectivity index (χ4v) is 4.11. The van der Waals surface area contributed by atoms with Crippen LogP contribution in [0.15, 0.2) is 38.4 Å². The third-order valence-corrected chi connectivity index (χ3v) is 5.63. The summed E-state index contributed by atoms with van der Waals surface area (Å²) >= 11 is 10.2. The molecule has 0 bridgehead atoms. The van der Waals surface area contributed by atoms with Crippen LogP contribution in [0.3, 0.4) is 0 Å². The molecule has 0 saturated carbocycles. The summed E-state index contributed by atoms with van der Waals surface area (Å²) < 4.78 is 5.83. The smallest absolute Gasteiger partial charge is 0.293 e. The third-order valence-electron chi connectivity index (χ3n) is 2.34. The van der Waals surface area contributed by atoms with Gasteiger partial charge in [-0.15, -0.1) is 21.5 Å². The number of carbonyl (C=O) groups is 1. The van der Waals surface area contributed by atoms with Crippen molar-refractivity contribution in [3.05, 3.63) is 45.5 Å². The minimum Gasteiger partial charge on any atom is -0.440 e. The Morgan fingerprint density at radius 3 is 3.00 bits per heavy atom. The Bertz CT molecular complexity index is 739. The second-order valence-electron chi connectivity index (χ2n) is 3.80. The highest BCUT2D eigenvalue weighted by atomic mass is 35.5. The van der Waals surface area contributed by atoms with Crippen LogP contribution in [-0.4, -0.2) is 16.1 Å². The molecule has 21 heavy (non-hydrogen) atoms. The molecule has 5 nitrogen and oxygen atoms in total. The number of carbonyl (C=O) groups excluding carboxylic acids is 1. The van der Waals surface area contributed by atoms with Crippen LogP contribution < -0.4 is 5.32 Å². The quantitative estimate of drug-likeness (QED) is 0.541. The normalized spacial score (nSPS) is 10.7. The summed E-state index contributed by atoms with van der Waals surface area (Å²) in [6.45, 7) is 0. The molecule has 0 aliphatic rings. The molecule has 3 aromatic rings. The van der Waals surface area contributed by atoms with Crippen molar-refractivity contribution in [3.8, 4) is 0 Å².